The Morgan fingerprint density at radius 1 is 1.07 bits per heavy atom. The molecule has 0 bridgehead atoms. The van der Waals surface area contributed by atoms with Crippen molar-refractivity contribution in [3.8, 4) is 0 Å². The molecule has 0 saturated heterocycles. The van der Waals surface area contributed by atoms with Crippen LogP contribution in [0, 0.1) is 5.92 Å². The fourth-order valence-electron chi connectivity index (χ4n) is 2.81. The van der Waals surface area contributed by atoms with Crippen LogP contribution in [0.5, 0.6) is 0 Å². The maximum Gasteiger partial charge on any atom is 0.326 e. The zero-order valence-electron chi connectivity index (χ0n) is 16.9. The minimum atomic E-state index is -1.38. The number of rotatable bonds is 10. The number of hydrogen-bond donors (Lipinski definition) is 3. The molecule has 8 nitrogen and oxygen atoms in total. The summed E-state index contributed by atoms with van der Waals surface area (Å²) in [5, 5.41) is 14.4. The lowest BCUT2D eigenvalue weighted by atomic mass is 9.99. The number of benzene rings is 1. The predicted octanol–water partition coefficient (Wildman–Crippen LogP) is 2.04. The number of carbonyl (C=O) groups is 4. The molecule has 2 amide bonds. The minimum Gasteiger partial charge on any atom is -0.480 e. The van der Waals surface area contributed by atoms with Crippen molar-refractivity contribution in [2.45, 2.75) is 58.7 Å². The highest BCUT2D eigenvalue weighted by Gasteiger charge is 2.34. The van der Waals surface area contributed by atoms with E-state index >= 15 is 0 Å². The third kappa shape index (κ3) is 9.08. The van der Waals surface area contributed by atoms with Gasteiger partial charge in [-0.25, -0.2) is 4.79 Å². The van der Waals surface area contributed by atoms with Crippen LogP contribution in [0.4, 0.5) is 0 Å². The smallest absolute Gasteiger partial charge is 0.326 e. The SMILES string of the molecule is CC(=O)N[C@H](Cc1ccc(Br)cc1)[C@H](OC(C)=O)C(=O)NC(CC(C)C)C(=O)O. The number of nitrogens with one attached hydrogen (secondary N) is 2. The van der Waals surface area contributed by atoms with Gasteiger partial charge in [0.2, 0.25) is 5.91 Å². The molecule has 0 spiro atoms. The molecule has 9 heteroatoms. The second kappa shape index (κ2) is 11.5. The van der Waals surface area contributed by atoms with E-state index in [-0.39, 0.29) is 18.8 Å². The topological polar surface area (TPSA) is 122 Å². The van der Waals surface area contributed by atoms with Crippen LogP contribution < -0.4 is 10.6 Å². The highest BCUT2D eigenvalue weighted by molar-refractivity contribution is 9.10. The number of amides is 2. The fraction of sp³-hybridized carbons (Fsp3) is 0.500. The van der Waals surface area contributed by atoms with E-state index in [2.05, 4.69) is 26.6 Å². The number of esters is 1. The minimum absolute atomic E-state index is 0.0254. The van der Waals surface area contributed by atoms with E-state index in [1.54, 1.807) is 12.1 Å². The summed E-state index contributed by atoms with van der Waals surface area (Å²) in [4.78, 5) is 47.6. The second-order valence-corrected chi connectivity index (χ2v) is 8.11. The zero-order chi connectivity index (χ0) is 22.1. The lowest BCUT2D eigenvalue weighted by molar-refractivity contribution is -0.157. The lowest BCUT2D eigenvalue weighted by Gasteiger charge is -2.28. The number of aliphatic carboxylic acids is 1. The second-order valence-electron chi connectivity index (χ2n) is 7.20. The van der Waals surface area contributed by atoms with E-state index in [4.69, 9.17) is 4.74 Å². The number of carboxylic acids is 1. The summed E-state index contributed by atoms with van der Waals surface area (Å²) in [6, 6.07) is 5.23. The first-order valence-corrected chi connectivity index (χ1v) is 10.0. The summed E-state index contributed by atoms with van der Waals surface area (Å²) in [6.45, 7) is 6.10. The van der Waals surface area contributed by atoms with Gasteiger partial charge >= 0.3 is 11.9 Å². The lowest BCUT2D eigenvalue weighted by Crippen LogP contribution is -2.56. The Bertz CT molecular complexity index is 735. The molecular weight excluding hydrogens is 444 g/mol. The fourth-order valence-corrected chi connectivity index (χ4v) is 3.08. The van der Waals surface area contributed by atoms with Crippen LogP contribution >= 0.6 is 15.9 Å². The van der Waals surface area contributed by atoms with Crippen LogP contribution in [0.1, 0.15) is 39.7 Å². The maximum absolute atomic E-state index is 12.8. The van der Waals surface area contributed by atoms with Gasteiger partial charge in [0.15, 0.2) is 6.10 Å². The van der Waals surface area contributed by atoms with E-state index in [1.807, 2.05) is 26.0 Å². The van der Waals surface area contributed by atoms with E-state index < -0.39 is 41.9 Å². The monoisotopic (exact) mass is 470 g/mol. The van der Waals surface area contributed by atoms with Crippen LogP contribution in [0.2, 0.25) is 0 Å². The Hall–Kier alpha value is -2.42. The van der Waals surface area contributed by atoms with Crippen molar-refractivity contribution in [1.29, 1.82) is 0 Å². The molecule has 0 saturated carbocycles. The largest absolute Gasteiger partial charge is 0.480 e. The van der Waals surface area contributed by atoms with Crippen LogP contribution in [-0.2, 0) is 30.3 Å². The maximum atomic E-state index is 12.8. The normalized spacial score (nSPS) is 13.9. The van der Waals surface area contributed by atoms with Gasteiger partial charge < -0.3 is 20.5 Å². The standard InChI is InChI=1S/C20H27BrN2O6/c1-11(2)9-17(20(27)28)23-19(26)18(29-13(4)25)16(22-12(3)24)10-14-5-7-15(21)8-6-14/h5-8,11,16-18H,9-10H2,1-4H3,(H,22,24)(H,23,26)(H,27,28)/t16-,17?,18+/m1/s1. The van der Waals surface area contributed by atoms with Crippen molar-refractivity contribution in [3.05, 3.63) is 34.3 Å². The number of carbonyl (C=O) groups excluding carboxylic acids is 3. The van der Waals surface area contributed by atoms with E-state index in [9.17, 15) is 24.3 Å². The van der Waals surface area contributed by atoms with Crippen LogP contribution in [0.15, 0.2) is 28.7 Å². The third-order valence-corrected chi connectivity index (χ3v) is 4.52. The summed E-state index contributed by atoms with van der Waals surface area (Å²) in [7, 11) is 0. The summed E-state index contributed by atoms with van der Waals surface area (Å²) < 4.78 is 6.05. The number of halogens is 1. The molecule has 29 heavy (non-hydrogen) atoms. The molecule has 1 aromatic rings. The molecule has 0 radical (unpaired) electrons. The van der Waals surface area contributed by atoms with Crippen molar-refractivity contribution < 1.29 is 29.0 Å². The van der Waals surface area contributed by atoms with E-state index in [0.717, 1.165) is 17.0 Å². The molecule has 3 atom stereocenters. The van der Waals surface area contributed by atoms with Gasteiger partial charge in [-0.2, -0.15) is 0 Å². The molecule has 1 rings (SSSR count). The van der Waals surface area contributed by atoms with Crippen molar-refractivity contribution in [1.82, 2.24) is 10.6 Å². The van der Waals surface area contributed by atoms with Crippen molar-refractivity contribution in [2.24, 2.45) is 5.92 Å². The Labute approximate surface area is 178 Å². The highest BCUT2D eigenvalue weighted by atomic mass is 79.9. The first-order chi connectivity index (χ1) is 13.5. The number of carboxylic acid groups (broad SMARTS) is 1. The molecule has 160 valence electrons. The third-order valence-electron chi connectivity index (χ3n) is 4.00. The van der Waals surface area contributed by atoms with Crippen LogP contribution in [0.25, 0.3) is 0 Å². The Morgan fingerprint density at radius 3 is 2.10 bits per heavy atom. The molecular formula is C20H27BrN2O6. The molecule has 0 aliphatic heterocycles. The van der Waals surface area contributed by atoms with Gasteiger partial charge in [0, 0.05) is 18.3 Å². The van der Waals surface area contributed by atoms with Gasteiger partial charge in [0.25, 0.3) is 5.91 Å². The van der Waals surface area contributed by atoms with Gasteiger partial charge in [-0.15, -0.1) is 0 Å². The van der Waals surface area contributed by atoms with Gasteiger partial charge in [-0.05, 0) is 36.5 Å². The Balaban J connectivity index is 3.13. The zero-order valence-corrected chi connectivity index (χ0v) is 18.5. The van der Waals surface area contributed by atoms with Crippen LogP contribution in [0.3, 0.4) is 0 Å². The summed E-state index contributed by atoms with van der Waals surface area (Å²) in [6.07, 6.45) is -0.958. The van der Waals surface area contributed by atoms with Gasteiger partial charge in [-0.1, -0.05) is 41.9 Å². The first kappa shape index (κ1) is 24.6. The number of hydrogen-bond acceptors (Lipinski definition) is 5. The Kier molecular flexibility index (Phi) is 9.80. The molecule has 0 aromatic heterocycles. The summed E-state index contributed by atoms with van der Waals surface area (Å²) >= 11 is 3.34. The van der Waals surface area contributed by atoms with Crippen LogP contribution in [-0.4, -0.2) is 47.0 Å². The van der Waals surface area contributed by atoms with Gasteiger partial charge in [-0.3, -0.25) is 14.4 Å². The molecule has 0 heterocycles. The highest BCUT2D eigenvalue weighted by Crippen LogP contribution is 2.15. The summed E-state index contributed by atoms with van der Waals surface area (Å²) in [5.41, 5.74) is 0.800. The Morgan fingerprint density at radius 2 is 1.66 bits per heavy atom. The van der Waals surface area contributed by atoms with E-state index in [0.29, 0.717) is 0 Å². The van der Waals surface area contributed by atoms with Gasteiger partial charge in [0.05, 0.1) is 6.04 Å². The van der Waals surface area contributed by atoms with E-state index in [1.165, 1.54) is 6.92 Å². The molecule has 0 aliphatic rings. The quantitative estimate of drug-likeness (QED) is 0.449. The molecule has 0 fully saturated rings. The summed E-state index contributed by atoms with van der Waals surface area (Å²) in [5.74, 6) is -3.06. The molecule has 0 aliphatic carbocycles. The molecule has 1 unspecified atom stereocenters. The number of ether oxygens (including phenoxy) is 1. The molecule has 3 N–H and O–H groups in total. The average Bonchev–Trinajstić information content (AvgIpc) is 2.59. The van der Waals surface area contributed by atoms with Gasteiger partial charge in [0.1, 0.15) is 6.04 Å². The van der Waals surface area contributed by atoms with Crippen molar-refractivity contribution in [2.75, 3.05) is 0 Å². The predicted molar refractivity (Wildman–Crippen MR) is 110 cm³/mol. The van der Waals surface area contributed by atoms with Crippen molar-refractivity contribution >= 4 is 39.7 Å². The average molecular weight is 471 g/mol. The first-order valence-electron chi connectivity index (χ1n) is 9.21. The van der Waals surface area contributed by atoms with Crippen molar-refractivity contribution in [3.63, 3.8) is 0 Å². The molecule has 1 aromatic carbocycles.